The number of anilines is 1. The molecule has 0 radical (unpaired) electrons. The van der Waals surface area contributed by atoms with Crippen LogP contribution in [0.25, 0.3) is 0 Å². The van der Waals surface area contributed by atoms with Crippen LogP contribution in [0.15, 0.2) is 36.4 Å². The first kappa shape index (κ1) is 26.4. The molecule has 10 heteroatoms. The summed E-state index contributed by atoms with van der Waals surface area (Å²) in [6.45, 7) is 2.44. The number of esters is 1. The maximum atomic E-state index is 13.3. The van der Waals surface area contributed by atoms with Crippen LogP contribution in [0.3, 0.4) is 0 Å². The zero-order chi connectivity index (χ0) is 26.2. The van der Waals surface area contributed by atoms with Crippen LogP contribution in [0.5, 0.6) is 0 Å². The van der Waals surface area contributed by atoms with E-state index in [-0.39, 0.29) is 31.6 Å². The van der Waals surface area contributed by atoms with Crippen LogP contribution in [0.4, 0.5) is 15.0 Å². The number of fused-ring (bicyclic) bond motifs is 1. The molecular weight excluding hydrogens is 479 g/mol. The Bertz CT molecular complexity index is 1120. The summed E-state index contributed by atoms with van der Waals surface area (Å²) in [5.74, 6) is -0.0815. The number of pyridine rings is 1. The predicted molar refractivity (Wildman–Crippen MR) is 134 cm³/mol. The Hall–Kier alpha value is -3.69. The number of aryl methyl sites for hydroxylation is 1. The number of rotatable bonds is 10. The zero-order valence-corrected chi connectivity index (χ0v) is 20.9. The van der Waals surface area contributed by atoms with Gasteiger partial charge in [-0.2, -0.15) is 0 Å². The summed E-state index contributed by atoms with van der Waals surface area (Å²) in [5, 5.41) is 8.53. The Morgan fingerprint density at radius 2 is 2.03 bits per heavy atom. The number of benzene rings is 1. The maximum absolute atomic E-state index is 13.3. The Morgan fingerprint density at radius 1 is 1.19 bits per heavy atom. The van der Waals surface area contributed by atoms with E-state index < -0.39 is 23.9 Å². The van der Waals surface area contributed by atoms with Gasteiger partial charge in [0, 0.05) is 24.7 Å². The number of alkyl carbamates (subject to hydrolysis) is 1. The highest BCUT2D eigenvalue weighted by Gasteiger charge is 2.35. The number of nitrogens with zero attached hydrogens (tertiary/aromatic N) is 1. The maximum Gasteiger partial charge on any atom is 0.408 e. The van der Waals surface area contributed by atoms with E-state index in [4.69, 9.17) is 14.5 Å². The molecule has 9 nitrogen and oxygen atoms in total. The van der Waals surface area contributed by atoms with Gasteiger partial charge in [0.2, 0.25) is 5.91 Å². The van der Waals surface area contributed by atoms with E-state index in [0.717, 1.165) is 50.2 Å². The van der Waals surface area contributed by atoms with E-state index in [1.54, 1.807) is 13.0 Å². The zero-order valence-electron chi connectivity index (χ0n) is 20.9. The Labute approximate surface area is 215 Å². The molecule has 1 atom stereocenters. The molecule has 198 valence electrons. The molecule has 2 amide bonds. The van der Waals surface area contributed by atoms with Gasteiger partial charge in [0.15, 0.2) is 0 Å². The van der Waals surface area contributed by atoms with Crippen LogP contribution < -0.4 is 16.0 Å². The molecule has 0 unspecified atom stereocenters. The summed E-state index contributed by atoms with van der Waals surface area (Å²) in [4.78, 5) is 41.9. The van der Waals surface area contributed by atoms with E-state index in [1.165, 1.54) is 23.8 Å². The molecule has 2 aromatic rings. The van der Waals surface area contributed by atoms with Gasteiger partial charge in [0.1, 0.15) is 24.3 Å². The molecule has 0 saturated heterocycles. The van der Waals surface area contributed by atoms with Gasteiger partial charge in [-0.1, -0.05) is 18.2 Å². The van der Waals surface area contributed by atoms with Crippen LogP contribution in [0.2, 0.25) is 0 Å². The molecule has 2 heterocycles. The molecule has 1 aromatic carbocycles. The van der Waals surface area contributed by atoms with Gasteiger partial charge < -0.3 is 25.4 Å². The molecule has 37 heavy (non-hydrogen) atoms. The minimum Gasteiger partial charge on any atom is -0.464 e. The van der Waals surface area contributed by atoms with Crippen molar-refractivity contribution in [3.8, 4) is 0 Å². The molecule has 1 fully saturated rings. The van der Waals surface area contributed by atoms with Crippen molar-refractivity contribution in [3.63, 3.8) is 0 Å². The van der Waals surface area contributed by atoms with Crippen molar-refractivity contribution in [2.75, 3.05) is 25.0 Å². The highest BCUT2D eigenvalue weighted by Crippen LogP contribution is 2.36. The van der Waals surface area contributed by atoms with Crippen LogP contribution in [0, 0.1) is 17.7 Å². The van der Waals surface area contributed by atoms with Gasteiger partial charge in [-0.05, 0) is 74.3 Å². The Balaban J connectivity index is 1.21. The average molecular weight is 513 g/mol. The van der Waals surface area contributed by atoms with Gasteiger partial charge in [0.25, 0.3) is 0 Å². The van der Waals surface area contributed by atoms with E-state index >= 15 is 0 Å². The SMILES string of the molecule is CCOC(=O)[C@H](CNC(=O)C1CC(Cc2ccc3c(n2)NCCC3)C1)NC(=O)OCc1cccc(F)c1. The first-order valence-electron chi connectivity index (χ1n) is 12.8. The van der Waals surface area contributed by atoms with E-state index in [9.17, 15) is 18.8 Å². The van der Waals surface area contributed by atoms with Crippen molar-refractivity contribution in [2.45, 2.75) is 51.7 Å². The lowest BCUT2D eigenvalue weighted by atomic mass is 9.72. The molecular formula is C27H33FN4O5. The first-order valence-corrected chi connectivity index (χ1v) is 12.8. The predicted octanol–water partition coefficient (Wildman–Crippen LogP) is 3.12. The fraction of sp³-hybridized carbons (Fsp3) is 0.481. The number of carbonyl (C=O) groups is 3. The van der Waals surface area contributed by atoms with Crippen LogP contribution in [-0.2, 0) is 38.5 Å². The highest BCUT2D eigenvalue weighted by atomic mass is 19.1. The second kappa shape index (κ2) is 12.5. The number of ether oxygens (including phenoxy) is 2. The van der Waals surface area contributed by atoms with Gasteiger partial charge in [-0.25, -0.2) is 19.0 Å². The first-order chi connectivity index (χ1) is 17.9. The second-order valence-electron chi connectivity index (χ2n) is 9.48. The van der Waals surface area contributed by atoms with E-state index in [0.29, 0.717) is 11.5 Å². The number of hydrogen-bond acceptors (Lipinski definition) is 7. The summed E-state index contributed by atoms with van der Waals surface area (Å²) < 4.78 is 23.4. The molecule has 4 rings (SSSR count). The quantitative estimate of drug-likeness (QED) is 0.419. The number of amides is 2. The number of carbonyl (C=O) groups excluding carboxylic acids is 3. The van der Waals surface area contributed by atoms with Gasteiger partial charge in [-0.15, -0.1) is 0 Å². The lowest BCUT2D eigenvalue weighted by molar-refractivity contribution is -0.145. The molecule has 0 spiro atoms. The van der Waals surface area contributed by atoms with Crippen LogP contribution >= 0.6 is 0 Å². The van der Waals surface area contributed by atoms with Crippen molar-refractivity contribution in [3.05, 3.63) is 59.0 Å². The summed E-state index contributed by atoms with van der Waals surface area (Å²) in [7, 11) is 0. The molecule has 0 bridgehead atoms. The second-order valence-corrected chi connectivity index (χ2v) is 9.48. The Kier molecular flexibility index (Phi) is 8.92. The highest BCUT2D eigenvalue weighted by molar-refractivity contribution is 5.84. The lowest BCUT2D eigenvalue weighted by Crippen LogP contribution is -2.51. The van der Waals surface area contributed by atoms with Crippen LogP contribution in [0.1, 0.15) is 43.0 Å². The fourth-order valence-electron chi connectivity index (χ4n) is 4.64. The molecule has 1 saturated carbocycles. The van der Waals surface area contributed by atoms with Crippen molar-refractivity contribution >= 4 is 23.8 Å². The van der Waals surface area contributed by atoms with Gasteiger partial charge in [0.05, 0.1) is 6.61 Å². The van der Waals surface area contributed by atoms with Crippen molar-refractivity contribution < 1.29 is 28.2 Å². The minimum atomic E-state index is -1.10. The molecule has 2 aliphatic rings. The molecule has 3 N–H and O–H groups in total. The third-order valence-electron chi connectivity index (χ3n) is 6.66. The lowest BCUT2D eigenvalue weighted by Gasteiger charge is -2.34. The van der Waals surface area contributed by atoms with Crippen molar-refractivity contribution in [1.82, 2.24) is 15.6 Å². The van der Waals surface area contributed by atoms with Crippen LogP contribution in [-0.4, -0.2) is 48.7 Å². The smallest absolute Gasteiger partial charge is 0.408 e. The largest absolute Gasteiger partial charge is 0.464 e. The normalized spacial score (nSPS) is 18.9. The van der Waals surface area contributed by atoms with Crippen molar-refractivity contribution in [1.29, 1.82) is 0 Å². The summed E-state index contributed by atoms with van der Waals surface area (Å²) >= 11 is 0. The number of hydrogen-bond donors (Lipinski definition) is 3. The van der Waals surface area contributed by atoms with E-state index in [2.05, 4.69) is 28.1 Å². The number of aromatic nitrogens is 1. The number of nitrogens with one attached hydrogen (secondary N) is 3. The summed E-state index contributed by atoms with van der Waals surface area (Å²) in [5.41, 5.74) is 2.75. The van der Waals surface area contributed by atoms with Gasteiger partial charge in [-0.3, -0.25) is 4.79 Å². The minimum absolute atomic E-state index is 0.119. The molecule has 1 aliphatic heterocycles. The van der Waals surface area contributed by atoms with E-state index in [1.807, 2.05) is 0 Å². The number of halogens is 1. The molecule has 1 aliphatic carbocycles. The third-order valence-corrected chi connectivity index (χ3v) is 6.66. The standard InChI is InChI=1S/C27H33FN4O5/c1-2-36-26(34)23(32-27(35)37-16-17-5-3-7-21(28)13-17)15-30-25(33)20-11-18(12-20)14-22-9-8-19-6-4-10-29-24(19)31-22/h3,5,7-9,13,18,20,23H,2,4,6,10-12,14-16H2,1H3,(H,29,31)(H,30,33)(H,32,35)/t18?,20?,23-/m0/s1. The summed E-state index contributed by atoms with van der Waals surface area (Å²) in [6, 6.07) is 8.77. The van der Waals surface area contributed by atoms with Crippen molar-refractivity contribution in [2.24, 2.45) is 11.8 Å². The average Bonchev–Trinajstić information content (AvgIpc) is 2.87. The topological polar surface area (TPSA) is 119 Å². The molecule has 1 aromatic heterocycles. The van der Waals surface area contributed by atoms with Gasteiger partial charge >= 0.3 is 12.1 Å². The monoisotopic (exact) mass is 512 g/mol. The summed E-state index contributed by atoms with van der Waals surface area (Å²) in [6.07, 6.45) is 3.61. The Morgan fingerprint density at radius 3 is 2.81 bits per heavy atom. The third kappa shape index (κ3) is 7.41. The fourth-order valence-corrected chi connectivity index (χ4v) is 4.64.